The van der Waals surface area contributed by atoms with E-state index in [0.29, 0.717) is 5.57 Å². The minimum Gasteiger partial charge on any atom is -0.340 e. The molecule has 1 saturated heterocycles. The van der Waals surface area contributed by atoms with Gasteiger partial charge in [-0.25, -0.2) is 9.97 Å². The summed E-state index contributed by atoms with van der Waals surface area (Å²) in [7, 11) is 0. The standard InChI is InChI=1S/C18H22N4O/c1-4-18-10-13(11-19)15(23)17(2,3)14(18)6-9-22(12-18)16-20-7-5-8-21-16/h5,7-8,10,14H,4,6,9,12H2,1-3H3/t14-,18+/m0/s1. The molecule has 0 bridgehead atoms. The number of piperidine rings is 1. The van der Waals surface area contributed by atoms with E-state index in [-0.39, 0.29) is 17.1 Å². The molecule has 2 aliphatic rings. The highest BCUT2D eigenvalue weighted by Gasteiger charge is 2.54. The minimum atomic E-state index is -0.501. The third kappa shape index (κ3) is 2.33. The van der Waals surface area contributed by atoms with Crippen LogP contribution in [0.15, 0.2) is 30.1 Å². The third-order valence-electron chi connectivity index (χ3n) is 5.61. The SMILES string of the molecule is CC[C@]12C=C(C#N)C(=O)C(C)(C)[C@@H]1CCN(c1ncccn1)C2. The van der Waals surface area contributed by atoms with E-state index in [4.69, 9.17) is 0 Å². The van der Waals surface area contributed by atoms with Crippen molar-refractivity contribution in [3.05, 3.63) is 30.1 Å². The van der Waals surface area contributed by atoms with E-state index < -0.39 is 5.41 Å². The molecular formula is C18H22N4O. The number of carbonyl (C=O) groups excluding carboxylic acids is 1. The molecule has 1 aliphatic heterocycles. The van der Waals surface area contributed by atoms with Crippen molar-refractivity contribution in [2.24, 2.45) is 16.7 Å². The molecule has 0 aromatic carbocycles. The number of anilines is 1. The van der Waals surface area contributed by atoms with Gasteiger partial charge in [-0.2, -0.15) is 5.26 Å². The van der Waals surface area contributed by atoms with Crippen LogP contribution in [0.4, 0.5) is 5.95 Å². The molecule has 1 aromatic rings. The summed E-state index contributed by atoms with van der Waals surface area (Å²) in [4.78, 5) is 23.5. The molecule has 1 aromatic heterocycles. The summed E-state index contributed by atoms with van der Waals surface area (Å²) in [5.74, 6) is 0.948. The van der Waals surface area contributed by atoms with Crippen molar-refractivity contribution >= 4 is 11.7 Å². The molecule has 5 nitrogen and oxygen atoms in total. The smallest absolute Gasteiger partial charge is 0.225 e. The highest BCUT2D eigenvalue weighted by Crippen LogP contribution is 2.53. The van der Waals surface area contributed by atoms with Crippen molar-refractivity contribution in [1.29, 1.82) is 5.26 Å². The first-order valence-electron chi connectivity index (χ1n) is 8.14. The maximum absolute atomic E-state index is 12.6. The predicted octanol–water partition coefficient (Wildman–Crippen LogP) is 2.76. The van der Waals surface area contributed by atoms with Crippen molar-refractivity contribution in [1.82, 2.24) is 9.97 Å². The van der Waals surface area contributed by atoms with Crippen molar-refractivity contribution in [3.63, 3.8) is 0 Å². The van der Waals surface area contributed by atoms with Gasteiger partial charge in [0.05, 0.1) is 5.57 Å². The fraction of sp³-hybridized carbons (Fsp3) is 0.556. The van der Waals surface area contributed by atoms with Crippen LogP contribution in [0, 0.1) is 28.1 Å². The normalized spacial score (nSPS) is 29.5. The lowest BCUT2D eigenvalue weighted by Crippen LogP contribution is -2.57. The fourth-order valence-electron chi connectivity index (χ4n) is 4.37. The molecule has 1 fully saturated rings. The summed E-state index contributed by atoms with van der Waals surface area (Å²) in [6.45, 7) is 7.70. The monoisotopic (exact) mass is 310 g/mol. The predicted molar refractivity (Wildman–Crippen MR) is 87.6 cm³/mol. The lowest BCUT2D eigenvalue weighted by molar-refractivity contribution is -0.130. The average molecular weight is 310 g/mol. The Morgan fingerprint density at radius 1 is 1.39 bits per heavy atom. The van der Waals surface area contributed by atoms with Gasteiger partial charge in [0.1, 0.15) is 6.07 Å². The largest absolute Gasteiger partial charge is 0.340 e. The van der Waals surface area contributed by atoms with E-state index in [9.17, 15) is 10.1 Å². The number of nitriles is 1. The summed E-state index contributed by atoms with van der Waals surface area (Å²) in [5, 5.41) is 9.40. The minimum absolute atomic E-state index is 0.0153. The van der Waals surface area contributed by atoms with Crippen LogP contribution in [0.1, 0.15) is 33.6 Å². The fourth-order valence-corrected chi connectivity index (χ4v) is 4.37. The Morgan fingerprint density at radius 3 is 2.70 bits per heavy atom. The van der Waals surface area contributed by atoms with Gasteiger partial charge < -0.3 is 4.90 Å². The molecule has 0 saturated carbocycles. The Hall–Kier alpha value is -2.22. The van der Waals surface area contributed by atoms with Crippen molar-refractivity contribution in [2.45, 2.75) is 33.6 Å². The van der Waals surface area contributed by atoms with Crippen molar-refractivity contribution < 1.29 is 4.79 Å². The molecule has 3 rings (SSSR count). The number of hydrogen-bond acceptors (Lipinski definition) is 5. The first kappa shape index (κ1) is 15.7. The number of aromatic nitrogens is 2. The Bertz CT molecular complexity index is 689. The van der Waals surface area contributed by atoms with E-state index in [1.165, 1.54) is 0 Å². The lowest BCUT2D eigenvalue weighted by atomic mass is 9.53. The highest BCUT2D eigenvalue weighted by atomic mass is 16.1. The van der Waals surface area contributed by atoms with Crippen LogP contribution in [0.3, 0.4) is 0 Å². The molecule has 0 N–H and O–H groups in total. The molecule has 120 valence electrons. The van der Waals surface area contributed by atoms with Crippen LogP contribution in [0.5, 0.6) is 0 Å². The van der Waals surface area contributed by atoms with Gasteiger partial charge in [0.2, 0.25) is 5.95 Å². The van der Waals surface area contributed by atoms with E-state index >= 15 is 0 Å². The Kier molecular flexibility index (Phi) is 3.71. The molecular weight excluding hydrogens is 288 g/mol. The van der Waals surface area contributed by atoms with Gasteiger partial charge in [0, 0.05) is 36.3 Å². The summed E-state index contributed by atoms with van der Waals surface area (Å²) < 4.78 is 0. The van der Waals surface area contributed by atoms with Crippen LogP contribution >= 0.6 is 0 Å². The first-order valence-corrected chi connectivity index (χ1v) is 8.14. The topological polar surface area (TPSA) is 69.9 Å². The number of Topliss-reactive ketones (excluding diaryl/α,β-unsaturated/α-hetero) is 1. The quantitative estimate of drug-likeness (QED) is 0.840. The van der Waals surface area contributed by atoms with Crippen LogP contribution in [0.2, 0.25) is 0 Å². The second-order valence-corrected chi connectivity index (χ2v) is 7.12. The van der Waals surface area contributed by atoms with Gasteiger partial charge in [-0.05, 0) is 24.8 Å². The lowest BCUT2D eigenvalue weighted by Gasteiger charge is -2.54. The van der Waals surface area contributed by atoms with Crippen LogP contribution < -0.4 is 4.90 Å². The van der Waals surface area contributed by atoms with E-state index in [0.717, 1.165) is 31.9 Å². The number of hydrogen-bond donors (Lipinski definition) is 0. The number of fused-ring (bicyclic) bond motifs is 1. The second kappa shape index (κ2) is 5.45. The second-order valence-electron chi connectivity index (χ2n) is 7.12. The number of carbonyl (C=O) groups is 1. The Labute approximate surface area is 137 Å². The van der Waals surface area contributed by atoms with E-state index in [1.54, 1.807) is 12.4 Å². The van der Waals surface area contributed by atoms with E-state index in [2.05, 4.69) is 27.9 Å². The first-order chi connectivity index (χ1) is 10.9. The summed E-state index contributed by atoms with van der Waals surface area (Å²) in [6.07, 6.45) is 7.22. The van der Waals surface area contributed by atoms with Gasteiger partial charge in [-0.15, -0.1) is 0 Å². The zero-order chi connectivity index (χ0) is 16.7. The number of ketones is 1. The maximum Gasteiger partial charge on any atom is 0.225 e. The van der Waals surface area contributed by atoms with Gasteiger partial charge in [0.15, 0.2) is 5.78 Å². The zero-order valence-electron chi connectivity index (χ0n) is 13.9. The molecule has 5 heteroatoms. The zero-order valence-corrected chi connectivity index (χ0v) is 13.9. The Balaban J connectivity index is 2.04. The summed E-state index contributed by atoms with van der Waals surface area (Å²) in [5.41, 5.74) is -0.372. The average Bonchev–Trinajstić information content (AvgIpc) is 2.58. The Morgan fingerprint density at radius 2 is 2.09 bits per heavy atom. The van der Waals surface area contributed by atoms with Gasteiger partial charge in [-0.1, -0.05) is 26.8 Å². The van der Waals surface area contributed by atoms with Crippen LogP contribution in [-0.2, 0) is 4.79 Å². The van der Waals surface area contributed by atoms with Crippen molar-refractivity contribution in [2.75, 3.05) is 18.0 Å². The highest BCUT2D eigenvalue weighted by molar-refractivity contribution is 6.04. The van der Waals surface area contributed by atoms with Gasteiger partial charge >= 0.3 is 0 Å². The third-order valence-corrected chi connectivity index (χ3v) is 5.61. The van der Waals surface area contributed by atoms with Crippen LogP contribution in [-0.4, -0.2) is 28.8 Å². The van der Waals surface area contributed by atoms with Crippen LogP contribution in [0.25, 0.3) is 0 Å². The molecule has 2 heterocycles. The molecule has 0 radical (unpaired) electrons. The molecule has 2 atom stereocenters. The van der Waals surface area contributed by atoms with E-state index in [1.807, 2.05) is 26.0 Å². The number of rotatable bonds is 2. The molecule has 23 heavy (non-hydrogen) atoms. The number of allylic oxidation sites excluding steroid dienone is 1. The van der Waals surface area contributed by atoms with Crippen molar-refractivity contribution in [3.8, 4) is 6.07 Å². The summed E-state index contributed by atoms with van der Waals surface area (Å²) in [6, 6.07) is 3.93. The maximum atomic E-state index is 12.6. The molecule has 0 unspecified atom stereocenters. The summed E-state index contributed by atoms with van der Waals surface area (Å²) >= 11 is 0. The number of nitrogens with zero attached hydrogens (tertiary/aromatic N) is 4. The molecule has 1 aliphatic carbocycles. The molecule has 0 amide bonds. The van der Waals surface area contributed by atoms with Gasteiger partial charge in [0.25, 0.3) is 0 Å². The van der Waals surface area contributed by atoms with Gasteiger partial charge in [-0.3, -0.25) is 4.79 Å². The molecule has 0 spiro atoms.